The number of halogens is 4. The number of rotatable bonds is 5. The van der Waals surface area contributed by atoms with Gasteiger partial charge in [-0.3, -0.25) is 14.5 Å². The summed E-state index contributed by atoms with van der Waals surface area (Å²) >= 11 is 0. The van der Waals surface area contributed by atoms with E-state index >= 15 is 0 Å². The number of ether oxygens (including phenoxy) is 2. The van der Waals surface area contributed by atoms with E-state index in [-0.39, 0.29) is 22.6 Å². The van der Waals surface area contributed by atoms with Crippen molar-refractivity contribution >= 4 is 23.1 Å². The number of aliphatic hydroxyl groups excluding tert-OH is 1. The maximum Gasteiger partial charge on any atom is 0.416 e. The molecule has 186 valence electrons. The molecular formula is C26H19F4NO5. The first-order valence-electron chi connectivity index (χ1n) is 10.5. The van der Waals surface area contributed by atoms with Crippen LogP contribution in [0.2, 0.25) is 0 Å². The Balaban J connectivity index is 1.97. The average Bonchev–Trinajstić information content (AvgIpc) is 3.13. The predicted molar refractivity (Wildman–Crippen MR) is 122 cm³/mol. The van der Waals surface area contributed by atoms with E-state index in [0.29, 0.717) is 5.75 Å². The minimum Gasteiger partial charge on any atom is -0.507 e. The van der Waals surface area contributed by atoms with Crippen molar-refractivity contribution in [2.45, 2.75) is 12.2 Å². The second kappa shape index (κ2) is 9.37. The van der Waals surface area contributed by atoms with Crippen LogP contribution in [0, 0.1) is 5.82 Å². The van der Waals surface area contributed by atoms with Crippen LogP contribution in [0.3, 0.4) is 0 Å². The molecule has 1 saturated heterocycles. The van der Waals surface area contributed by atoms with Gasteiger partial charge in [0.25, 0.3) is 11.7 Å². The highest BCUT2D eigenvalue weighted by molar-refractivity contribution is 6.51. The maximum atomic E-state index is 15.0. The maximum absolute atomic E-state index is 15.0. The highest BCUT2D eigenvalue weighted by Crippen LogP contribution is 2.44. The lowest BCUT2D eigenvalue weighted by Crippen LogP contribution is -2.30. The lowest BCUT2D eigenvalue weighted by Gasteiger charge is -2.26. The molecule has 0 radical (unpaired) electrons. The Kier molecular flexibility index (Phi) is 6.45. The lowest BCUT2D eigenvalue weighted by molar-refractivity contribution is -0.137. The van der Waals surface area contributed by atoms with Gasteiger partial charge in [-0.1, -0.05) is 18.2 Å². The van der Waals surface area contributed by atoms with Crippen molar-refractivity contribution in [3.8, 4) is 11.5 Å². The van der Waals surface area contributed by atoms with Crippen LogP contribution in [0.1, 0.15) is 22.7 Å². The predicted octanol–water partition coefficient (Wildman–Crippen LogP) is 5.49. The molecule has 4 rings (SSSR count). The van der Waals surface area contributed by atoms with Crippen LogP contribution in [0.5, 0.6) is 11.5 Å². The van der Waals surface area contributed by atoms with Gasteiger partial charge >= 0.3 is 6.18 Å². The fraction of sp³-hybridized carbons (Fsp3) is 0.154. The van der Waals surface area contributed by atoms with Gasteiger partial charge in [-0.2, -0.15) is 13.2 Å². The number of carbonyl (C=O) groups excluding carboxylic acids is 2. The van der Waals surface area contributed by atoms with Gasteiger partial charge in [0.05, 0.1) is 37.0 Å². The Morgan fingerprint density at radius 2 is 1.61 bits per heavy atom. The number of nitrogens with zero attached hydrogens (tertiary/aromatic N) is 1. The summed E-state index contributed by atoms with van der Waals surface area (Å²) in [4.78, 5) is 27.2. The zero-order chi connectivity index (χ0) is 26.2. The molecule has 0 saturated carbocycles. The van der Waals surface area contributed by atoms with Crippen LogP contribution in [-0.4, -0.2) is 31.0 Å². The molecule has 36 heavy (non-hydrogen) atoms. The zero-order valence-corrected chi connectivity index (χ0v) is 19.0. The van der Waals surface area contributed by atoms with Gasteiger partial charge in [-0.25, -0.2) is 4.39 Å². The Morgan fingerprint density at radius 1 is 0.944 bits per heavy atom. The number of anilines is 1. The van der Waals surface area contributed by atoms with Crippen LogP contribution < -0.4 is 14.4 Å². The Morgan fingerprint density at radius 3 is 2.19 bits per heavy atom. The number of hydrogen-bond acceptors (Lipinski definition) is 5. The minimum atomic E-state index is -4.62. The third-order valence-corrected chi connectivity index (χ3v) is 5.78. The molecule has 6 nitrogen and oxygen atoms in total. The number of methoxy groups -OCH3 is 2. The monoisotopic (exact) mass is 501 g/mol. The number of ketones is 1. The fourth-order valence-electron chi connectivity index (χ4n) is 4.05. The quantitative estimate of drug-likeness (QED) is 0.217. The van der Waals surface area contributed by atoms with Crippen molar-refractivity contribution < 1.29 is 41.7 Å². The van der Waals surface area contributed by atoms with Crippen molar-refractivity contribution in [3.63, 3.8) is 0 Å². The number of alkyl halides is 3. The summed E-state index contributed by atoms with van der Waals surface area (Å²) in [5.74, 6) is -3.30. The number of amides is 1. The van der Waals surface area contributed by atoms with Gasteiger partial charge in [0, 0.05) is 11.3 Å². The first kappa shape index (κ1) is 24.8. The molecule has 0 aromatic heterocycles. The normalized spacial score (nSPS) is 17.4. The first-order valence-corrected chi connectivity index (χ1v) is 10.5. The van der Waals surface area contributed by atoms with Gasteiger partial charge < -0.3 is 14.6 Å². The molecule has 1 fully saturated rings. The topological polar surface area (TPSA) is 76.1 Å². The summed E-state index contributed by atoms with van der Waals surface area (Å²) in [5, 5.41) is 11.3. The van der Waals surface area contributed by atoms with Crippen molar-refractivity contribution in [1.82, 2.24) is 0 Å². The summed E-state index contributed by atoms with van der Waals surface area (Å²) in [7, 11) is 2.71. The molecule has 1 aliphatic heterocycles. The number of hydrogen-bond donors (Lipinski definition) is 1. The Bertz CT molecular complexity index is 1370. The Hall–Kier alpha value is -4.34. The second-order valence-corrected chi connectivity index (χ2v) is 7.80. The highest BCUT2D eigenvalue weighted by Gasteiger charge is 2.48. The van der Waals surface area contributed by atoms with Crippen LogP contribution in [-0.2, 0) is 15.8 Å². The van der Waals surface area contributed by atoms with Gasteiger partial charge in [0.2, 0.25) is 0 Å². The number of benzene rings is 3. The smallest absolute Gasteiger partial charge is 0.416 e. The molecule has 3 aromatic carbocycles. The number of carbonyl (C=O) groups is 2. The largest absolute Gasteiger partial charge is 0.507 e. The van der Waals surface area contributed by atoms with Gasteiger partial charge in [0.1, 0.15) is 23.1 Å². The molecule has 0 bridgehead atoms. The summed E-state index contributed by atoms with van der Waals surface area (Å²) < 4.78 is 64.6. The number of aliphatic hydroxyl groups is 1. The van der Waals surface area contributed by atoms with Crippen LogP contribution in [0.25, 0.3) is 5.76 Å². The van der Waals surface area contributed by atoms with Crippen molar-refractivity contribution in [2.75, 3.05) is 19.1 Å². The van der Waals surface area contributed by atoms with Crippen molar-refractivity contribution in [1.29, 1.82) is 0 Å². The summed E-state index contributed by atoms with van der Waals surface area (Å²) in [5.41, 5.74) is -1.65. The third kappa shape index (κ3) is 4.26. The molecule has 1 atom stereocenters. The molecule has 1 N–H and O–H groups in total. The van der Waals surface area contributed by atoms with Crippen LogP contribution >= 0.6 is 0 Å². The molecule has 1 amide bonds. The van der Waals surface area contributed by atoms with E-state index in [9.17, 15) is 32.3 Å². The average molecular weight is 501 g/mol. The van der Waals surface area contributed by atoms with E-state index in [4.69, 9.17) is 9.47 Å². The standard InChI is InChI=1S/C26H19F4NO5/c1-35-16-11-12-20(36-2)18(13-16)23(32)21-22(17-5-3-4-6-19(17)27)31(25(34)24(21)33)15-9-7-14(8-10-15)26(28,29)30/h3-13,22,32H,1-2H3/b23-21+. The van der Waals surface area contributed by atoms with Gasteiger partial charge in [-0.05, 0) is 48.5 Å². The molecule has 0 spiro atoms. The van der Waals surface area contributed by atoms with Gasteiger partial charge in [0.15, 0.2) is 0 Å². The van der Waals surface area contributed by atoms with Crippen LogP contribution in [0.15, 0.2) is 72.3 Å². The molecule has 1 aliphatic rings. The van der Waals surface area contributed by atoms with E-state index in [1.54, 1.807) is 6.07 Å². The van der Waals surface area contributed by atoms with Gasteiger partial charge in [-0.15, -0.1) is 0 Å². The molecule has 1 heterocycles. The SMILES string of the molecule is COc1ccc(OC)c(/C(O)=C2\C(=O)C(=O)N(c3ccc(C(F)(F)F)cc3)C2c2ccccc2F)c1. The fourth-order valence-corrected chi connectivity index (χ4v) is 4.05. The van der Waals surface area contributed by atoms with E-state index in [0.717, 1.165) is 35.2 Å². The number of Topliss-reactive ketones (excluding diaryl/α,β-unsaturated/α-hetero) is 1. The highest BCUT2D eigenvalue weighted by atomic mass is 19.4. The lowest BCUT2D eigenvalue weighted by atomic mass is 9.94. The summed E-state index contributed by atoms with van der Waals surface area (Å²) in [6, 6.07) is 11.7. The summed E-state index contributed by atoms with van der Waals surface area (Å²) in [6.45, 7) is 0. The minimum absolute atomic E-state index is 0.00334. The Labute approximate surface area is 203 Å². The van der Waals surface area contributed by atoms with E-state index < -0.39 is 46.6 Å². The van der Waals surface area contributed by atoms with Crippen molar-refractivity contribution in [2.24, 2.45) is 0 Å². The second-order valence-electron chi connectivity index (χ2n) is 7.80. The summed E-state index contributed by atoms with van der Waals surface area (Å²) in [6.07, 6.45) is -4.62. The zero-order valence-electron chi connectivity index (χ0n) is 19.0. The molecule has 10 heteroatoms. The van der Waals surface area contributed by atoms with Crippen molar-refractivity contribution in [3.05, 3.63) is 94.8 Å². The molecular weight excluding hydrogens is 482 g/mol. The molecule has 0 aliphatic carbocycles. The van der Waals surface area contributed by atoms with E-state index in [1.807, 2.05) is 0 Å². The van der Waals surface area contributed by atoms with E-state index in [1.165, 1.54) is 44.6 Å². The molecule has 3 aromatic rings. The molecule has 1 unspecified atom stereocenters. The van der Waals surface area contributed by atoms with Crippen LogP contribution in [0.4, 0.5) is 23.2 Å². The first-order chi connectivity index (χ1) is 17.1. The van der Waals surface area contributed by atoms with E-state index in [2.05, 4.69) is 0 Å². The third-order valence-electron chi connectivity index (χ3n) is 5.78.